The number of carboxylic acid groups (broad SMARTS) is 1. The number of piperidine rings is 1. The predicted molar refractivity (Wildman–Crippen MR) is 102 cm³/mol. The molecule has 150 valence electrons. The van der Waals surface area contributed by atoms with Crippen molar-refractivity contribution in [2.45, 2.75) is 62.8 Å². The quantitative estimate of drug-likeness (QED) is 0.666. The third kappa shape index (κ3) is 6.04. The minimum absolute atomic E-state index is 0.158. The van der Waals surface area contributed by atoms with Crippen molar-refractivity contribution < 1.29 is 23.1 Å². The van der Waals surface area contributed by atoms with Gasteiger partial charge >= 0.3 is 5.97 Å². The average Bonchev–Trinajstić information content (AvgIpc) is 2.67. The molecule has 1 aliphatic rings. The Bertz CT molecular complexity index is 740. The number of carbonyl (C=O) groups is 2. The summed E-state index contributed by atoms with van der Waals surface area (Å²) >= 11 is 0. The van der Waals surface area contributed by atoms with Crippen LogP contribution < -0.4 is 5.32 Å². The van der Waals surface area contributed by atoms with E-state index in [1.54, 1.807) is 24.3 Å². The van der Waals surface area contributed by atoms with Crippen LogP contribution in [0.15, 0.2) is 29.2 Å². The highest BCUT2D eigenvalue weighted by Crippen LogP contribution is 2.21. The molecule has 2 N–H and O–H groups in total. The van der Waals surface area contributed by atoms with E-state index < -0.39 is 22.0 Å². The van der Waals surface area contributed by atoms with Gasteiger partial charge in [-0.2, -0.15) is 4.31 Å². The zero-order valence-corrected chi connectivity index (χ0v) is 16.5. The molecule has 1 aromatic rings. The maximum absolute atomic E-state index is 12.6. The minimum atomic E-state index is -3.45. The first kappa shape index (κ1) is 21.4. The van der Waals surface area contributed by atoms with Gasteiger partial charge in [0.05, 0.1) is 4.90 Å². The second-order valence-corrected chi connectivity index (χ2v) is 8.79. The highest BCUT2D eigenvalue weighted by atomic mass is 32.2. The summed E-state index contributed by atoms with van der Waals surface area (Å²) in [6.45, 7) is 2.99. The van der Waals surface area contributed by atoms with Crippen LogP contribution in [0.1, 0.15) is 51.0 Å². The van der Waals surface area contributed by atoms with E-state index in [0.29, 0.717) is 32.4 Å². The zero-order valence-electron chi connectivity index (χ0n) is 15.7. The van der Waals surface area contributed by atoms with Crippen molar-refractivity contribution in [1.29, 1.82) is 0 Å². The number of rotatable bonds is 9. The summed E-state index contributed by atoms with van der Waals surface area (Å²) < 4.78 is 26.8. The molecule has 7 nitrogen and oxygen atoms in total. The molecule has 1 fully saturated rings. The van der Waals surface area contributed by atoms with E-state index >= 15 is 0 Å². The number of nitrogens with one attached hydrogen (secondary N) is 1. The van der Waals surface area contributed by atoms with Gasteiger partial charge < -0.3 is 10.4 Å². The van der Waals surface area contributed by atoms with Gasteiger partial charge in [0.1, 0.15) is 6.04 Å². The van der Waals surface area contributed by atoms with Crippen LogP contribution in [-0.4, -0.2) is 48.8 Å². The number of benzene rings is 1. The monoisotopic (exact) mass is 396 g/mol. The predicted octanol–water partition coefficient (Wildman–Crippen LogP) is 2.16. The highest BCUT2D eigenvalue weighted by molar-refractivity contribution is 7.89. The molecule has 1 atom stereocenters. The summed E-state index contributed by atoms with van der Waals surface area (Å²) in [7, 11) is -3.45. The lowest BCUT2D eigenvalue weighted by Crippen LogP contribution is -2.40. The number of amides is 1. The van der Waals surface area contributed by atoms with E-state index in [-0.39, 0.29) is 17.2 Å². The third-order valence-electron chi connectivity index (χ3n) is 4.73. The van der Waals surface area contributed by atoms with Crippen LogP contribution in [0.2, 0.25) is 0 Å². The van der Waals surface area contributed by atoms with Crippen molar-refractivity contribution in [3.05, 3.63) is 29.8 Å². The van der Waals surface area contributed by atoms with Gasteiger partial charge in [0, 0.05) is 19.5 Å². The van der Waals surface area contributed by atoms with Crippen LogP contribution in [0.25, 0.3) is 0 Å². The van der Waals surface area contributed by atoms with Gasteiger partial charge in [0.25, 0.3) is 0 Å². The molecular formula is C19H28N2O5S. The van der Waals surface area contributed by atoms with Crippen molar-refractivity contribution in [1.82, 2.24) is 9.62 Å². The highest BCUT2D eigenvalue weighted by Gasteiger charge is 2.25. The smallest absolute Gasteiger partial charge is 0.326 e. The second-order valence-electron chi connectivity index (χ2n) is 6.86. The number of carbonyl (C=O) groups excluding carboxylic acids is 1. The van der Waals surface area contributed by atoms with Crippen molar-refractivity contribution >= 4 is 21.9 Å². The maximum Gasteiger partial charge on any atom is 0.326 e. The van der Waals surface area contributed by atoms with E-state index in [1.165, 1.54) is 4.31 Å². The summed E-state index contributed by atoms with van der Waals surface area (Å²) in [4.78, 5) is 23.3. The van der Waals surface area contributed by atoms with Crippen LogP contribution >= 0.6 is 0 Å². The van der Waals surface area contributed by atoms with Crippen LogP contribution in [0, 0.1) is 0 Å². The molecule has 0 aromatic heterocycles. The topological polar surface area (TPSA) is 104 Å². The fourth-order valence-electron chi connectivity index (χ4n) is 3.15. The van der Waals surface area contributed by atoms with Crippen molar-refractivity contribution in [3.63, 3.8) is 0 Å². The van der Waals surface area contributed by atoms with E-state index in [4.69, 9.17) is 5.11 Å². The fraction of sp³-hybridized carbons (Fsp3) is 0.579. The Balaban J connectivity index is 1.91. The Morgan fingerprint density at radius 1 is 1.15 bits per heavy atom. The summed E-state index contributed by atoms with van der Waals surface area (Å²) in [6, 6.07) is 5.72. The lowest BCUT2D eigenvalue weighted by atomic mass is 10.1. The van der Waals surface area contributed by atoms with Crippen LogP contribution in [0.4, 0.5) is 0 Å². The van der Waals surface area contributed by atoms with Gasteiger partial charge in [0.15, 0.2) is 0 Å². The number of carboxylic acids is 1. The fourth-order valence-corrected chi connectivity index (χ4v) is 4.67. The number of aliphatic carboxylic acids is 1. The van der Waals surface area contributed by atoms with Gasteiger partial charge in [-0.15, -0.1) is 0 Å². The maximum atomic E-state index is 12.6. The SMILES string of the molecule is CCCC(NC(=O)CCc1ccc(S(=O)(=O)N2CCCCC2)cc1)C(=O)O. The van der Waals surface area contributed by atoms with Gasteiger partial charge in [-0.1, -0.05) is 31.9 Å². The first-order chi connectivity index (χ1) is 12.8. The van der Waals surface area contributed by atoms with E-state index in [2.05, 4.69) is 5.32 Å². The lowest BCUT2D eigenvalue weighted by molar-refractivity contribution is -0.142. The Morgan fingerprint density at radius 3 is 2.33 bits per heavy atom. The number of hydrogen-bond acceptors (Lipinski definition) is 4. The largest absolute Gasteiger partial charge is 0.480 e. The van der Waals surface area contributed by atoms with Crippen LogP contribution in [-0.2, 0) is 26.0 Å². The van der Waals surface area contributed by atoms with Crippen molar-refractivity contribution in [3.8, 4) is 0 Å². The van der Waals surface area contributed by atoms with Crippen LogP contribution in [0.5, 0.6) is 0 Å². The summed E-state index contributed by atoms with van der Waals surface area (Å²) in [6.07, 6.45) is 4.49. The third-order valence-corrected chi connectivity index (χ3v) is 6.64. The minimum Gasteiger partial charge on any atom is -0.480 e. The first-order valence-electron chi connectivity index (χ1n) is 9.46. The standard InChI is InChI=1S/C19H28N2O5S/c1-2-6-17(19(23)24)20-18(22)12-9-15-7-10-16(11-8-15)27(25,26)21-13-4-3-5-14-21/h7-8,10-11,17H,2-6,9,12-14H2,1H3,(H,20,22)(H,23,24). The molecule has 1 unspecified atom stereocenters. The summed E-state index contributed by atoms with van der Waals surface area (Å²) in [5.41, 5.74) is 0.838. The molecule has 1 aliphatic heterocycles. The summed E-state index contributed by atoms with van der Waals surface area (Å²) in [5.74, 6) is -1.35. The summed E-state index contributed by atoms with van der Waals surface area (Å²) in [5, 5.41) is 11.6. The van der Waals surface area contributed by atoms with Crippen molar-refractivity contribution in [2.24, 2.45) is 0 Å². The number of nitrogens with zero attached hydrogens (tertiary/aromatic N) is 1. The Hall–Kier alpha value is -1.93. The molecule has 8 heteroatoms. The Morgan fingerprint density at radius 2 is 1.78 bits per heavy atom. The average molecular weight is 397 g/mol. The number of sulfonamides is 1. The first-order valence-corrected chi connectivity index (χ1v) is 10.9. The Kier molecular flexibility index (Phi) is 7.79. The molecular weight excluding hydrogens is 368 g/mol. The van der Waals surface area contributed by atoms with Gasteiger partial charge in [-0.05, 0) is 43.4 Å². The molecule has 1 saturated heterocycles. The molecule has 27 heavy (non-hydrogen) atoms. The lowest BCUT2D eigenvalue weighted by Gasteiger charge is -2.25. The molecule has 2 rings (SSSR count). The Labute approximate surface area is 160 Å². The van der Waals surface area contributed by atoms with Gasteiger partial charge in [-0.25, -0.2) is 13.2 Å². The normalized spacial score (nSPS) is 16.6. The second kappa shape index (κ2) is 9.85. The zero-order chi connectivity index (χ0) is 19.9. The van der Waals surface area contributed by atoms with Gasteiger partial charge in [-0.3, -0.25) is 4.79 Å². The van der Waals surface area contributed by atoms with E-state index in [0.717, 1.165) is 24.8 Å². The molecule has 1 amide bonds. The molecule has 0 saturated carbocycles. The molecule has 0 aliphatic carbocycles. The van der Waals surface area contributed by atoms with Crippen LogP contribution in [0.3, 0.4) is 0 Å². The van der Waals surface area contributed by atoms with E-state index in [9.17, 15) is 18.0 Å². The molecule has 0 spiro atoms. The van der Waals surface area contributed by atoms with E-state index in [1.807, 2.05) is 6.92 Å². The number of hydrogen-bond donors (Lipinski definition) is 2. The van der Waals surface area contributed by atoms with Gasteiger partial charge in [0.2, 0.25) is 15.9 Å². The molecule has 1 heterocycles. The van der Waals surface area contributed by atoms with Crippen molar-refractivity contribution in [2.75, 3.05) is 13.1 Å². The molecule has 0 radical (unpaired) electrons. The molecule has 0 bridgehead atoms. The molecule has 1 aromatic carbocycles. The number of aryl methyl sites for hydroxylation is 1.